The molecule has 302 valence electrons. The Morgan fingerprint density at radius 3 is 2.33 bits per heavy atom. The predicted octanol–water partition coefficient (Wildman–Crippen LogP) is 8.86. The molecule has 1 aromatic rings. The zero-order valence-electron chi connectivity index (χ0n) is 33.0. The summed E-state index contributed by atoms with van der Waals surface area (Å²) >= 11 is 0. The van der Waals surface area contributed by atoms with Crippen molar-refractivity contribution in [2.75, 3.05) is 40.3 Å². The van der Waals surface area contributed by atoms with Gasteiger partial charge in [-0.25, -0.2) is 0 Å². The third kappa shape index (κ3) is 12.2. The van der Waals surface area contributed by atoms with Crippen LogP contribution in [0.1, 0.15) is 127 Å². The van der Waals surface area contributed by atoms with E-state index < -0.39 is 18.3 Å². The molecule has 3 aliphatic carbocycles. The number of halogens is 3. The van der Waals surface area contributed by atoms with E-state index in [2.05, 4.69) is 31.5 Å². The summed E-state index contributed by atoms with van der Waals surface area (Å²) in [5.41, 5.74) is 8.93. The molecule has 1 aromatic carbocycles. The number of nitrogens with zero attached hydrogens (tertiary/aromatic N) is 2. The number of benzene rings is 1. The number of ether oxygens (including phenoxy) is 1. The summed E-state index contributed by atoms with van der Waals surface area (Å²) in [5.74, 6) is -1.26. The maximum absolute atomic E-state index is 13.7. The van der Waals surface area contributed by atoms with Crippen molar-refractivity contribution in [3.63, 3.8) is 0 Å². The number of hydrogen-bond acceptors (Lipinski definition) is 6. The van der Waals surface area contributed by atoms with Crippen LogP contribution in [0.15, 0.2) is 65.5 Å². The van der Waals surface area contributed by atoms with Crippen LogP contribution >= 0.6 is 0 Å². The van der Waals surface area contributed by atoms with Gasteiger partial charge in [0.1, 0.15) is 12.3 Å². The Kier molecular flexibility index (Phi) is 16.1. The molecule has 4 N–H and O–H groups in total. The number of unbranched alkanes of at least 4 members (excludes halogenated alkanes) is 7. The molecule has 0 amide bonds. The Hall–Kier alpha value is -2.66. The molecule has 0 bridgehead atoms. The molecule has 2 saturated carbocycles. The first-order valence-electron chi connectivity index (χ1n) is 21.1. The monoisotopic (exact) mass is 758 g/mol. The normalized spacial score (nSPS) is 25.1. The Morgan fingerprint density at radius 1 is 0.963 bits per heavy atom. The Balaban J connectivity index is 0.942. The highest BCUT2D eigenvalue weighted by atomic mass is 19.4. The molecule has 4 aliphatic rings. The molecule has 0 radical (unpaired) electrons. The number of carbonyl (C=O) groups excluding carboxylic acids is 1. The van der Waals surface area contributed by atoms with E-state index in [0.717, 1.165) is 80.2 Å². The summed E-state index contributed by atoms with van der Waals surface area (Å²) in [7, 11) is 4.72. The second-order valence-corrected chi connectivity index (χ2v) is 17.1. The highest BCUT2D eigenvalue weighted by molar-refractivity contribution is 5.78. The lowest BCUT2D eigenvalue weighted by Gasteiger charge is -2.42. The molecule has 1 aliphatic heterocycles. The summed E-state index contributed by atoms with van der Waals surface area (Å²) in [6.07, 6.45) is 18.5. The molecule has 0 aromatic heterocycles. The van der Waals surface area contributed by atoms with Gasteiger partial charge in [0, 0.05) is 49.4 Å². The number of quaternary nitrogens is 1. The molecule has 0 spiro atoms. The van der Waals surface area contributed by atoms with Crippen molar-refractivity contribution in [3.8, 4) is 0 Å². The number of rotatable bonds is 19. The fourth-order valence-electron chi connectivity index (χ4n) is 9.41. The Morgan fingerprint density at radius 2 is 1.65 bits per heavy atom. The summed E-state index contributed by atoms with van der Waals surface area (Å²) in [6, 6.07) is 10.8. The lowest BCUT2D eigenvalue weighted by atomic mass is 9.76. The molecule has 10 heteroatoms. The van der Waals surface area contributed by atoms with Crippen LogP contribution in [-0.2, 0) is 9.53 Å². The van der Waals surface area contributed by atoms with E-state index in [1.54, 1.807) is 6.08 Å². The topological polar surface area (TPSA) is 87.8 Å². The maximum atomic E-state index is 13.7. The van der Waals surface area contributed by atoms with Crippen molar-refractivity contribution in [2.24, 2.45) is 17.6 Å². The number of nitrogens with two attached hydrogens (primary N) is 1. The van der Waals surface area contributed by atoms with Crippen molar-refractivity contribution in [1.82, 2.24) is 10.2 Å². The average Bonchev–Trinajstić information content (AvgIpc) is 3.45. The Labute approximate surface area is 322 Å². The van der Waals surface area contributed by atoms with Crippen molar-refractivity contribution in [1.29, 1.82) is 0 Å². The van der Waals surface area contributed by atoms with Crippen LogP contribution < -0.4 is 11.1 Å². The van der Waals surface area contributed by atoms with Crippen LogP contribution in [0, 0.1) is 11.8 Å². The number of nitrogens with one attached hydrogen (secondary N) is 1. The fourth-order valence-corrected chi connectivity index (χ4v) is 9.41. The molecular formula is C44H68F3N4O3+. The number of alkyl halides is 3. The minimum atomic E-state index is -4.28. The van der Waals surface area contributed by atoms with E-state index in [4.69, 9.17) is 10.5 Å². The molecule has 7 nitrogen and oxygen atoms in total. The number of allylic oxidation sites excluding steroid dienone is 4. The van der Waals surface area contributed by atoms with Crippen LogP contribution in [0.25, 0.3) is 0 Å². The first kappa shape index (κ1) is 42.5. The van der Waals surface area contributed by atoms with E-state index in [-0.39, 0.29) is 31.0 Å². The minimum absolute atomic E-state index is 0.00358. The van der Waals surface area contributed by atoms with Crippen molar-refractivity contribution < 1.29 is 32.3 Å². The van der Waals surface area contributed by atoms with E-state index in [9.17, 15) is 23.1 Å². The standard InChI is InChI=1S/C44H68F3N4O3/c1-51(2,37-25-18-26-38(30-37)54-43(53)41(33-19-11-9-12-20-33)34-21-13-10-14-22-34)28-16-8-6-4-3-5-7-15-27-50-32-40(39(31-48)42(50)52)49-36-24-17-23-35(29-36)44(45,46)47/h9,11-12,17,19-20,23-24,34-35,37-38,41-42,49,52H,3-8,10,13-16,18,21-22,25-32,48H2,1-2H3/q+1. The van der Waals surface area contributed by atoms with Gasteiger partial charge in [-0.15, -0.1) is 0 Å². The number of esters is 1. The van der Waals surface area contributed by atoms with Crippen LogP contribution in [-0.4, -0.2) is 85.3 Å². The van der Waals surface area contributed by atoms with E-state index in [0.29, 0.717) is 29.8 Å². The zero-order chi connectivity index (χ0) is 38.6. The fraction of sp³-hybridized carbons (Fsp3) is 0.705. The van der Waals surface area contributed by atoms with Gasteiger partial charge in [-0.1, -0.05) is 93.9 Å². The first-order chi connectivity index (χ1) is 26.0. The Bertz CT molecular complexity index is 1410. The van der Waals surface area contributed by atoms with Crippen LogP contribution in [0.5, 0.6) is 0 Å². The molecule has 1 heterocycles. The quantitative estimate of drug-likeness (QED) is 0.0743. The van der Waals surface area contributed by atoms with Gasteiger partial charge in [0.15, 0.2) is 0 Å². The molecule has 0 saturated heterocycles. The maximum Gasteiger partial charge on any atom is 0.395 e. The molecule has 5 atom stereocenters. The molecule has 2 fully saturated rings. The number of aliphatic hydroxyl groups excluding tert-OH is 1. The van der Waals surface area contributed by atoms with Crippen molar-refractivity contribution in [2.45, 2.75) is 146 Å². The summed E-state index contributed by atoms with van der Waals surface area (Å²) in [5, 5.41) is 14.0. The highest BCUT2D eigenvalue weighted by Gasteiger charge is 2.40. The summed E-state index contributed by atoms with van der Waals surface area (Å²) < 4.78 is 47.1. The smallest absolute Gasteiger partial charge is 0.395 e. The van der Waals surface area contributed by atoms with Gasteiger partial charge in [-0.3, -0.25) is 9.69 Å². The minimum Gasteiger partial charge on any atom is -0.462 e. The first-order valence-corrected chi connectivity index (χ1v) is 21.1. The number of carbonyl (C=O) groups is 1. The van der Waals surface area contributed by atoms with Gasteiger partial charge in [0.25, 0.3) is 0 Å². The zero-order valence-corrected chi connectivity index (χ0v) is 33.0. The lowest BCUT2D eigenvalue weighted by molar-refractivity contribution is -0.917. The highest BCUT2D eigenvalue weighted by Crippen LogP contribution is 2.39. The van der Waals surface area contributed by atoms with Crippen LogP contribution in [0.4, 0.5) is 13.2 Å². The second kappa shape index (κ2) is 20.5. The summed E-state index contributed by atoms with van der Waals surface area (Å²) in [6.45, 7) is 2.49. The van der Waals surface area contributed by atoms with Gasteiger partial charge < -0.3 is 25.4 Å². The number of aliphatic hydroxyl groups is 1. The predicted molar refractivity (Wildman–Crippen MR) is 210 cm³/mol. The van der Waals surface area contributed by atoms with Crippen molar-refractivity contribution in [3.05, 3.63) is 71.1 Å². The van der Waals surface area contributed by atoms with Crippen molar-refractivity contribution >= 4 is 5.97 Å². The summed E-state index contributed by atoms with van der Waals surface area (Å²) in [4.78, 5) is 15.7. The molecule has 5 rings (SSSR count). The molecule has 5 unspecified atom stereocenters. The molecule has 54 heavy (non-hydrogen) atoms. The van der Waals surface area contributed by atoms with E-state index in [1.807, 2.05) is 23.1 Å². The average molecular weight is 758 g/mol. The van der Waals surface area contributed by atoms with Gasteiger partial charge in [0.2, 0.25) is 0 Å². The van der Waals surface area contributed by atoms with Gasteiger partial charge >= 0.3 is 12.1 Å². The van der Waals surface area contributed by atoms with Gasteiger partial charge in [0.05, 0.1) is 38.5 Å². The van der Waals surface area contributed by atoms with E-state index >= 15 is 0 Å². The van der Waals surface area contributed by atoms with Gasteiger partial charge in [-0.2, -0.15) is 13.2 Å². The van der Waals surface area contributed by atoms with E-state index in [1.165, 1.54) is 69.9 Å². The third-order valence-corrected chi connectivity index (χ3v) is 12.8. The molecular weight excluding hydrogens is 690 g/mol. The second-order valence-electron chi connectivity index (χ2n) is 17.1. The lowest BCUT2D eigenvalue weighted by Crippen LogP contribution is -2.52. The van der Waals surface area contributed by atoms with Crippen LogP contribution in [0.3, 0.4) is 0 Å². The van der Waals surface area contributed by atoms with Crippen LogP contribution in [0.2, 0.25) is 0 Å². The van der Waals surface area contributed by atoms with Gasteiger partial charge in [-0.05, 0) is 68.9 Å². The third-order valence-electron chi connectivity index (χ3n) is 12.8. The SMILES string of the molecule is C[N+](C)(CCCCCCCCCCN1CC(NC2=CC=CC(C(F)(F)F)C2)=C(CN)C1O)C1CCCC(OC(=O)C(c2ccccc2)C2CCCCC2)C1. The largest absolute Gasteiger partial charge is 0.462 e. The number of hydrogen-bond donors (Lipinski definition) is 3.